The lowest BCUT2D eigenvalue weighted by Crippen LogP contribution is -2.44. The van der Waals surface area contributed by atoms with Gasteiger partial charge in [0, 0.05) is 26.1 Å². The molecule has 1 unspecified atom stereocenters. The number of hydrogen-bond donors (Lipinski definition) is 1. The van der Waals surface area contributed by atoms with Gasteiger partial charge in [-0.25, -0.2) is 0 Å². The van der Waals surface area contributed by atoms with Crippen molar-refractivity contribution < 1.29 is 9.59 Å². The van der Waals surface area contributed by atoms with E-state index in [0.717, 1.165) is 32.1 Å². The molecule has 0 aromatic carbocycles. The molecule has 0 aromatic rings. The summed E-state index contributed by atoms with van der Waals surface area (Å²) in [6.07, 6.45) is 6.31. The van der Waals surface area contributed by atoms with Gasteiger partial charge in [-0.1, -0.05) is 25.7 Å². The molecule has 1 saturated carbocycles. The molecule has 2 rings (SSSR count). The van der Waals surface area contributed by atoms with Crippen molar-refractivity contribution in [1.82, 2.24) is 10.2 Å². The molecule has 1 aliphatic carbocycles. The van der Waals surface area contributed by atoms with Crippen molar-refractivity contribution in [2.75, 3.05) is 13.1 Å². The van der Waals surface area contributed by atoms with Crippen LogP contribution in [0.3, 0.4) is 0 Å². The van der Waals surface area contributed by atoms with E-state index < -0.39 is 5.41 Å². The van der Waals surface area contributed by atoms with Crippen molar-refractivity contribution in [3.63, 3.8) is 0 Å². The van der Waals surface area contributed by atoms with Gasteiger partial charge in [0.2, 0.25) is 11.8 Å². The number of amides is 2. The van der Waals surface area contributed by atoms with E-state index in [1.54, 1.807) is 4.90 Å². The Morgan fingerprint density at radius 2 is 1.90 bits per heavy atom. The molecule has 1 heterocycles. The van der Waals surface area contributed by atoms with E-state index in [1.165, 1.54) is 6.92 Å². The Kier molecular flexibility index (Phi) is 4.64. The molecular formula is C15H23N3O2. The summed E-state index contributed by atoms with van der Waals surface area (Å²) in [6.45, 7) is 2.68. The predicted octanol–water partition coefficient (Wildman–Crippen LogP) is 1.59. The summed E-state index contributed by atoms with van der Waals surface area (Å²) >= 11 is 0. The zero-order chi connectivity index (χ0) is 14.6. The van der Waals surface area contributed by atoms with Crippen LogP contribution in [0.5, 0.6) is 0 Å². The Morgan fingerprint density at radius 3 is 2.45 bits per heavy atom. The Hall–Kier alpha value is -1.57. The van der Waals surface area contributed by atoms with Gasteiger partial charge in [0.1, 0.15) is 5.41 Å². The van der Waals surface area contributed by atoms with Gasteiger partial charge in [-0.05, 0) is 19.3 Å². The summed E-state index contributed by atoms with van der Waals surface area (Å²) in [7, 11) is 0. The minimum Gasteiger partial charge on any atom is -0.352 e. The zero-order valence-corrected chi connectivity index (χ0v) is 12.2. The lowest BCUT2D eigenvalue weighted by molar-refractivity contribution is -0.138. The molecular weight excluding hydrogens is 254 g/mol. The molecule has 0 spiro atoms. The SMILES string of the molecule is CC(=O)NC1CCN(C(=O)C2(C#N)CCCCCC2)C1. The second kappa shape index (κ2) is 6.25. The van der Waals surface area contributed by atoms with Crippen LogP contribution in [0.1, 0.15) is 51.9 Å². The summed E-state index contributed by atoms with van der Waals surface area (Å²) < 4.78 is 0. The maximum absolute atomic E-state index is 12.7. The van der Waals surface area contributed by atoms with Gasteiger partial charge >= 0.3 is 0 Å². The molecule has 1 saturated heterocycles. The highest BCUT2D eigenvalue weighted by Gasteiger charge is 2.43. The van der Waals surface area contributed by atoms with E-state index in [4.69, 9.17) is 0 Å². The molecule has 110 valence electrons. The van der Waals surface area contributed by atoms with Crippen LogP contribution in [0.2, 0.25) is 0 Å². The number of nitrogens with zero attached hydrogens (tertiary/aromatic N) is 2. The van der Waals surface area contributed by atoms with Crippen LogP contribution in [0.25, 0.3) is 0 Å². The maximum Gasteiger partial charge on any atom is 0.243 e. The predicted molar refractivity (Wildman–Crippen MR) is 74.5 cm³/mol. The first-order chi connectivity index (χ1) is 9.57. The molecule has 2 fully saturated rings. The maximum atomic E-state index is 12.7. The normalized spacial score (nSPS) is 25.6. The number of hydrogen-bond acceptors (Lipinski definition) is 3. The van der Waals surface area contributed by atoms with Crippen molar-refractivity contribution in [3.05, 3.63) is 0 Å². The summed E-state index contributed by atoms with van der Waals surface area (Å²) in [5, 5.41) is 12.4. The van der Waals surface area contributed by atoms with Crippen LogP contribution in [0.15, 0.2) is 0 Å². The molecule has 0 bridgehead atoms. The highest BCUT2D eigenvalue weighted by Crippen LogP contribution is 2.37. The molecule has 5 nitrogen and oxygen atoms in total. The molecule has 1 atom stereocenters. The molecule has 2 amide bonds. The third-order valence-corrected chi connectivity index (χ3v) is 4.46. The monoisotopic (exact) mass is 277 g/mol. The Bertz CT molecular complexity index is 419. The highest BCUT2D eigenvalue weighted by molar-refractivity contribution is 5.86. The fourth-order valence-corrected chi connectivity index (χ4v) is 3.36. The van der Waals surface area contributed by atoms with Gasteiger partial charge in [-0.3, -0.25) is 9.59 Å². The fraction of sp³-hybridized carbons (Fsp3) is 0.800. The van der Waals surface area contributed by atoms with Crippen LogP contribution in [0.4, 0.5) is 0 Å². The number of nitrogens with one attached hydrogen (secondary N) is 1. The second-order valence-corrected chi connectivity index (χ2v) is 6.05. The minimum absolute atomic E-state index is 0.0187. The van der Waals surface area contributed by atoms with Crippen molar-refractivity contribution >= 4 is 11.8 Å². The summed E-state index contributed by atoms with van der Waals surface area (Å²) in [6, 6.07) is 2.35. The number of carbonyl (C=O) groups excluding carboxylic acids is 2. The van der Waals surface area contributed by atoms with Gasteiger partial charge in [-0.15, -0.1) is 0 Å². The smallest absolute Gasteiger partial charge is 0.243 e. The van der Waals surface area contributed by atoms with Crippen LogP contribution < -0.4 is 5.32 Å². The number of likely N-dealkylation sites (tertiary alicyclic amines) is 1. The lowest BCUT2D eigenvalue weighted by Gasteiger charge is -2.29. The van der Waals surface area contributed by atoms with Crippen LogP contribution in [-0.4, -0.2) is 35.8 Å². The first-order valence-corrected chi connectivity index (χ1v) is 7.55. The molecule has 20 heavy (non-hydrogen) atoms. The molecule has 0 radical (unpaired) electrons. The molecule has 1 aliphatic heterocycles. The summed E-state index contributed by atoms with van der Waals surface area (Å²) in [4.78, 5) is 25.6. The number of rotatable bonds is 2. The quantitative estimate of drug-likeness (QED) is 0.779. The van der Waals surface area contributed by atoms with Crippen LogP contribution >= 0.6 is 0 Å². The van der Waals surface area contributed by atoms with Crippen molar-refractivity contribution in [1.29, 1.82) is 5.26 Å². The Labute approximate surface area is 120 Å². The molecule has 1 N–H and O–H groups in total. The van der Waals surface area contributed by atoms with Crippen molar-refractivity contribution in [3.8, 4) is 6.07 Å². The van der Waals surface area contributed by atoms with Crippen molar-refractivity contribution in [2.24, 2.45) is 5.41 Å². The van der Waals surface area contributed by atoms with Crippen molar-refractivity contribution in [2.45, 2.75) is 57.9 Å². The van der Waals surface area contributed by atoms with E-state index in [2.05, 4.69) is 11.4 Å². The average molecular weight is 277 g/mol. The minimum atomic E-state index is -0.818. The number of nitriles is 1. The fourth-order valence-electron chi connectivity index (χ4n) is 3.36. The van der Waals surface area contributed by atoms with Gasteiger partial charge < -0.3 is 10.2 Å². The van der Waals surface area contributed by atoms with E-state index >= 15 is 0 Å². The largest absolute Gasteiger partial charge is 0.352 e. The van der Waals surface area contributed by atoms with Crippen LogP contribution in [-0.2, 0) is 9.59 Å². The van der Waals surface area contributed by atoms with E-state index in [9.17, 15) is 14.9 Å². The Balaban J connectivity index is 2.02. The second-order valence-electron chi connectivity index (χ2n) is 6.05. The van der Waals surface area contributed by atoms with Gasteiger partial charge in [-0.2, -0.15) is 5.26 Å². The molecule has 2 aliphatic rings. The van der Waals surface area contributed by atoms with Gasteiger partial charge in [0.05, 0.1) is 6.07 Å². The third kappa shape index (κ3) is 3.12. The van der Waals surface area contributed by atoms with Gasteiger partial charge in [0.25, 0.3) is 0 Å². The van der Waals surface area contributed by atoms with E-state index in [0.29, 0.717) is 25.9 Å². The first-order valence-electron chi connectivity index (χ1n) is 7.55. The van der Waals surface area contributed by atoms with E-state index in [-0.39, 0.29) is 17.9 Å². The first kappa shape index (κ1) is 14.8. The standard InChI is InChI=1S/C15H23N3O2/c1-12(19)17-13-6-9-18(10-13)14(20)15(11-16)7-4-2-3-5-8-15/h13H,2-10H2,1H3,(H,17,19). The Morgan fingerprint density at radius 1 is 1.25 bits per heavy atom. The van der Waals surface area contributed by atoms with Crippen LogP contribution in [0, 0.1) is 16.7 Å². The van der Waals surface area contributed by atoms with Gasteiger partial charge in [0.15, 0.2) is 0 Å². The summed E-state index contributed by atoms with van der Waals surface area (Å²) in [5.74, 6) is -0.0801. The molecule has 5 heteroatoms. The average Bonchev–Trinajstić information content (AvgIpc) is 2.74. The summed E-state index contributed by atoms with van der Waals surface area (Å²) in [5.41, 5.74) is -0.818. The number of carbonyl (C=O) groups is 2. The highest BCUT2D eigenvalue weighted by atomic mass is 16.2. The third-order valence-electron chi connectivity index (χ3n) is 4.46. The lowest BCUT2D eigenvalue weighted by atomic mass is 9.80. The zero-order valence-electron chi connectivity index (χ0n) is 12.2. The van der Waals surface area contributed by atoms with E-state index in [1.807, 2.05) is 0 Å². The topological polar surface area (TPSA) is 73.2 Å². The molecule has 0 aromatic heterocycles.